The third-order valence-corrected chi connectivity index (χ3v) is 5.81. The zero-order chi connectivity index (χ0) is 25.2. The van der Waals surface area contributed by atoms with Crippen LogP contribution in [0.1, 0.15) is 44.6 Å². The molecule has 35 heavy (non-hydrogen) atoms. The summed E-state index contributed by atoms with van der Waals surface area (Å²) < 4.78 is 6.56. The van der Waals surface area contributed by atoms with Crippen LogP contribution < -0.4 is 10.3 Å². The highest BCUT2D eigenvalue weighted by atomic mass is 35.5. The third-order valence-electron chi connectivity index (χ3n) is 5.56. The minimum Gasteiger partial charge on any atom is -0.508 e. The maximum absolute atomic E-state index is 12.6. The zero-order valence-electron chi connectivity index (χ0n) is 19.7. The molecule has 8 nitrogen and oxygen atoms in total. The molecule has 186 valence electrons. The number of nitrogens with one attached hydrogen (secondary N) is 1. The molecular formula is C26H30ClN3O5. The lowest BCUT2D eigenvalue weighted by molar-refractivity contribution is -0.143. The average molecular weight is 500 g/mol. The van der Waals surface area contributed by atoms with Gasteiger partial charge in [0.25, 0.3) is 0 Å². The maximum Gasteiger partial charge on any atom is 0.305 e. The van der Waals surface area contributed by atoms with Crippen molar-refractivity contribution in [3.8, 4) is 5.75 Å². The number of amides is 2. The molecule has 0 saturated heterocycles. The predicted molar refractivity (Wildman–Crippen MR) is 135 cm³/mol. The first-order chi connectivity index (χ1) is 16.9. The Morgan fingerprint density at radius 1 is 1.11 bits per heavy atom. The number of phenolic OH excluding ortho intramolecular Hbond substituents is 1. The summed E-state index contributed by atoms with van der Waals surface area (Å²) in [6, 6.07) is 11.7. The number of carbonyl (C=O) groups excluding carboxylic acids is 3. The van der Waals surface area contributed by atoms with Crippen LogP contribution in [-0.4, -0.2) is 41.2 Å². The second-order valence-electron chi connectivity index (χ2n) is 8.12. The Hall–Kier alpha value is -3.52. The number of fused-ring (bicyclic) bond motifs is 1. The van der Waals surface area contributed by atoms with Crippen LogP contribution in [0.4, 0.5) is 5.69 Å². The van der Waals surface area contributed by atoms with E-state index in [1.165, 1.54) is 11.1 Å². The van der Waals surface area contributed by atoms with E-state index < -0.39 is 0 Å². The van der Waals surface area contributed by atoms with Gasteiger partial charge < -0.3 is 15.2 Å². The van der Waals surface area contributed by atoms with E-state index in [0.29, 0.717) is 53.2 Å². The lowest BCUT2D eigenvalue weighted by Crippen LogP contribution is -2.27. The number of unbranched alkanes of at least 4 members (excludes halogenated alkanes) is 3. The minimum absolute atomic E-state index is 0.0730. The summed E-state index contributed by atoms with van der Waals surface area (Å²) in [5, 5.41) is 15.6. The van der Waals surface area contributed by atoms with Gasteiger partial charge in [-0.1, -0.05) is 24.4 Å². The molecule has 0 spiro atoms. The number of rotatable bonds is 13. The quantitative estimate of drug-likeness (QED) is 0.203. The first-order valence-electron chi connectivity index (χ1n) is 11.7. The number of benzene rings is 2. The fourth-order valence-corrected chi connectivity index (χ4v) is 3.99. The van der Waals surface area contributed by atoms with Crippen LogP contribution >= 0.6 is 11.6 Å². The Labute approximate surface area is 209 Å². The van der Waals surface area contributed by atoms with E-state index in [-0.39, 0.29) is 24.0 Å². The van der Waals surface area contributed by atoms with E-state index in [9.17, 15) is 19.5 Å². The molecule has 0 saturated carbocycles. The van der Waals surface area contributed by atoms with Crippen molar-refractivity contribution >= 4 is 46.5 Å². The van der Waals surface area contributed by atoms with Crippen LogP contribution in [0.2, 0.25) is 5.02 Å². The number of aromatic nitrogens is 1. The van der Waals surface area contributed by atoms with Crippen LogP contribution in [0.3, 0.4) is 0 Å². The Balaban J connectivity index is 1.62. The Morgan fingerprint density at radius 3 is 2.57 bits per heavy atom. The van der Waals surface area contributed by atoms with Gasteiger partial charge in [0, 0.05) is 29.6 Å². The largest absolute Gasteiger partial charge is 0.508 e. The summed E-state index contributed by atoms with van der Waals surface area (Å²) in [5.41, 5.74) is 1.96. The number of phenols is 1. The lowest BCUT2D eigenvalue weighted by Gasteiger charge is -2.20. The van der Waals surface area contributed by atoms with Crippen molar-refractivity contribution in [3.05, 3.63) is 59.2 Å². The SMILES string of the molecule is CCOC(=O)CCCCCCNC(=O)Cc1cn(N(C=O)c2ccc(Cl)cc2)c2ccc(O)cc12. The first kappa shape index (κ1) is 26.1. The predicted octanol–water partition coefficient (Wildman–Crippen LogP) is 4.60. The molecular weight excluding hydrogens is 470 g/mol. The van der Waals surface area contributed by atoms with Crippen LogP contribution in [0.25, 0.3) is 10.9 Å². The standard InChI is InChI=1S/C26H30ClN3O5/c1-2-35-26(34)7-5-3-4-6-14-28-25(33)15-19-17-29(24-13-12-22(32)16-23(19)24)30(18-31)21-10-8-20(27)9-11-21/h8-13,16-18,32H,2-7,14-15H2,1H3,(H,28,33). The number of anilines is 1. The van der Waals surface area contributed by atoms with Crippen molar-refractivity contribution in [3.63, 3.8) is 0 Å². The molecule has 0 aliphatic heterocycles. The van der Waals surface area contributed by atoms with Crippen molar-refractivity contribution in [2.24, 2.45) is 0 Å². The topological polar surface area (TPSA) is 101 Å². The van der Waals surface area contributed by atoms with Gasteiger partial charge in [-0.05, 0) is 67.8 Å². The van der Waals surface area contributed by atoms with E-state index in [1.807, 2.05) is 0 Å². The Kier molecular flexibility index (Phi) is 9.55. The Morgan fingerprint density at radius 2 is 1.86 bits per heavy atom. The monoisotopic (exact) mass is 499 g/mol. The molecule has 0 radical (unpaired) electrons. The number of aromatic hydroxyl groups is 1. The van der Waals surface area contributed by atoms with Gasteiger partial charge >= 0.3 is 5.97 Å². The summed E-state index contributed by atoms with van der Waals surface area (Å²) in [6.07, 6.45) is 6.32. The highest BCUT2D eigenvalue weighted by Gasteiger charge is 2.17. The van der Waals surface area contributed by atoms with Gasteiger partial charge in [0.15, 0.2) is 0 Å². The van der Waals surface area contributed by atoms with Crippen molar-refractivity contribution < 1.29 is 24.2 Å². The number of ether oxygens (including phenoxy) is 1. The van der Waals surface area contributed by atoms with E-state index in [4.69, 9.17) is 16.3 Å². The van der Waals surface area contributed by atoms with Gasteiger partial charge in [-0.3, -0.25) is 19.1 Å². The molecule has 2 aromatic carbocycles. The van der Waals surface area contributed by atoms with Gasteiger partial charge in [-0.2, -0.15) is 0 Å². The fourth-order valence-electron chi connectivity index (χ4n) is 3.86. The highest BCUT2D eigenvalue weighted by molar-refractivity contribution is 6.30. The summed E-state index contributed by atoms with van der Waals surface area (Å²) in [6.45, 7) is 2.73. The molecule has 0 aliphatic rings. The molecule has 2 N–H and O–H groups in total. The fraction of sp³-hybridized carbons (Fsp3) is 0.346. The van der Waals surface area contributed by atoms with E-state index in [0.717, 1.165) is 25.7 Å². The maximum atomic E-state index is 12.6. The number of hydrogen-bond donors (Lipinski definition) is 2. The highest BCUT2D eigenvalue weighted by Crippen LogP contribution is 2.28. The van der Waals surface area contributed by atoms with Gasteiger partial charge in [-0.25, -0.2) is 5.01 Å². The zero-order valence-corrected chi connectivity index (χ0v) is 20.5. The molecule has 3 rings (SSSR count). The minimum atomic E-state index is -0.171. The summed E-state index contributed by atoms with van der Waals surface area (Å²) >= 11 is 5.98. The van der Waals surface area contributed by atoms with Crippen molar-refractivity contribution in [1.82, 2.24) is 9.99 Å². The summed E-state index contributed by atoms with van der Waals surface area (Å²) in [7, 11) is 0. The molecule has 0 bridgehead atoms. The molecule has 1 heterocycles. The number of nitrogens with zero attached hydrogens (tertiary/aromatic N) is 2. The molecule has 0 aliphatic carbocycles. The molecule has 9 heteroatoms. The first-order valence-corrected chi connectivity index (χ1v) is 12.1. The van der Waals surface area contributed by atoms with Crippen molar-refractivity contribution in [2.45, 2.75) is 45.4 Å². The van der Waals surface area contributed by atoms with Crippen molar-refractivity contribution in [1.29, 1.82) is 0 Å². The smallest absolute Gasteiger partial charge is 0.305 e. The van der Waals surface area contributed by atoms with Crippen LogP contribution in [-0.2, 0) is 25.5 Å². The van der Waals surface area contributed by atoms with Gasteiger partial charge in [-0.15, -0.1) is 0 Å². The second-order valence-corrected chi connectivity index (χ2v) is 8.56. The van der Waals surface area contributed by atoms with Crippen LogP contribution in [0.15, 0.2) is 48.7 Å². The van der Waals surface area contributed by atoms with Gasteiger partial charge in [0.1, 0.15) is 5.75 Å². The van der Waals surface area contributed by atoms with Crippen LogP contribution in [0, 0.1) is 0 Å². The van der Waals surface area contributed by atoms with Gasteiger partial charge in [0.2, 0.25) is 12.3 Å². The van der Waals surface area contributed by atoms with E-state index in [1.54, 1.807) is 54.2 Å². The van der Waals surface area contributed by atoms with E-state index >= 15 is 0 Å². The third kappa shape index (κ3) is 7.23. The number of carbonyl (C=O) groups is 3. The van der Waals surface area contributed by atoms with Crippen LogP contribution in [0.5, 0.6) is 5.75 Å². The van der Waals surface area contributed by atoms with Gasteiger partial charge in [0.05, 0.1) is 24.2 Å². The Bertz CT molecular complexity index is 1160. The molecule has 3 aromatic rings. The second kappa shape index (κ2) is 12.8. The molecule has 2 amide bonds. The van der Waals surface area contributed by atoms with Crippen molar-refractivity contribution in [2.75, 3.05) is 18.2 Å². The molecule has 0 fully saturated rings. The lowest BCUT2D eigenvalue weighted by atomic mass is 10.1. The summed E-state index contributed by atoms with van der Waals surface area (Å²) in [4.78, 5) is 35.9. The molecule has 0 unspecified atom stereocenters. The summed E-state index contributed by atoms with van der Waals surface area (Å²) in [5.74, 6) is -0.248. The number of hydrogen-bond acceptors (Lipinski definition) is 5. The normalized spacial score (nSPS) is 10.8. The number of halogens is 1. The number of esters is 1. The molecule has 1 aromatic heterocycles. The molecule has 0 atom stereocenters. The average Bonchev–Trinajstić information content (AvgIpc) is 3.17. The van der Waals surface area contributed by atoms with E-state index in [2.05, 4.69) is 5.32 Å².